The summed E-state index contributed by atoms with van der Waals surface area (Å²) in [7, 11) is -3.82. The van der Waals surface area contributed by atoms with E-state index in [1.54, 1.807) is 24.4 Å². The highest BCUT2D eigenvalue weighted by molar-refractivity contribution is 9.10. The van der Waals surface area contributed by atoms with Crippen LogP contribution < -0.4 is 4.72 Å². The second kappa shape index (κ2) is 6.33. The molecular formula is C13H11BrN2O4S. The third-order valence-electron chi connectivity index (χ3n) is 2.60. The molecule has 8 heteroatoms. The van der Waals surface area contributed by atoms with E-state index in [-0.39, 0.29) is 17.0 Å². The van der Waals surface area contributed by atoms with E-state index < -0.39 is 16.0 Å². The fraction of sp³-hybridized carbons (Fsp3) is 0.0769. The van der Waals surface area contributed by atoms with Gasteiger partial charge in [0.05, 0.1) is 22.7 Å². The lowest BCUT2D eigenvalue weighted by Crippen LogP contribution is -2.24. The van der Waals surface area contributed by atoms with Gasteiger partial charge in [0.15, 0.2) is 0 Å². The van der Waals surface area contributed by atoms with E-state index in [4.69, 9.17) is 5.11 Å². The van der Waals surface area contributed by atoms with Crippen molar-refractivity contribution in [2.24, 2.45) is 0 Å². The van der Waals surface area contributed by atoms with Crippen molar-refractivity contribution in [2.75, 3.05) is 0 Å². The highest BCUT2D eigenvalue weighted by Crippen LogP contribution is 2.19. The lowest BCUT2D eigenvalue weighted by Gasteiger charge is -2.08. The SMILES string of the molecule is O=C(O)c1cc(Br)cc(S(=O)(=O)NCc2ccccn2)c1. The van der Waals surface area contributed by atoms with E-state index in [9.17, 15) is 13.2 Å². The Balaban J connectivity index is 2.25. The summed E-state index contributed by atoms with van der Waals surface area (Å²) in [5, 5.41) is 8.96. The molecule has 21 heavy (non-hydrogen) atoms. The van der Waals surface area contributed by atoms with Crippen molar-refractivity contribution in [2.45, 2.75) is 11.4 Å². The number of carbonyl (C=O) groups is 1. The monoisotopic (exact) mass is 370 g/mol. The summed E-state index contributed by atoms with van der Waals surface area (Å²) in [6.45, 7) is 0.0259. The molecule has 0 aliphatic carbocycles. The summed E-state index contributed by atoms with van der Waals surface area (Å²) in [4.78, 5) is 14.9. The molecular weight excluding hydrogens is 360 g/mol. The Hall–Kier alpha value is -1.77. The molecule has 0 aliphatic rings. The molecule has 0 fully saturated rings. The molecule has 0 unspecified atom stereocenters. The first-order valence-electron chi connectivity index (χ1n) is 5.82. The highest BCUT2D eigenvalue weighted by atomic mass is 79.9. The molecule has 1 aromatic carbocycles. The molecule has 0 amide bonds. The summed E-state index contributed by atoms with van der Waals surface area (Å²) in [6, 6.07) is 8.94. The van der Waals surface area contributed by atoms with Crippen LogP contribution in [0.2, 0.25) is 0 Å². The molecule has 2 N–H and O–H groups in total. The number of carboxylic acid groups (broad SMARTS) is 1. The van der Waals surface area contributed by atoms with Crippen molar-refractivity contribution < 1.29 is 18.3 Å². The second-order valence-electron chi connectivity index (χ2n) is 4.13. The zero-order valence-corrected chi connectivity index (χ0v) is 13.1. The predicted octanol–water partition coefficient (Wildman–Crippen LogP) is 2.02. The first kappa shape index (κ1) is 15.6. The Labute approximate surface area is 130 Å². The number of pyridine rings is 1. The Morgan fingerprint density at radius 3 is 2.67 bits per heavy atom. The first-order chi connectivity index (χ1) is 9.88. The van der Waals surface area contributed by atoms with Gasteiger partial charge in [-0.15, -0.1) is 0 Å². The maximum Gasteiger partial charge on any atom is 0.335 e. The van der Waals surface area contributed by atoms with Crippen molar-refractivity contribution in [1.29, 1.82) is 0 Å². The number of hydrogen-bond acceptors (Lipinski definition) is 4. The number of benzene rings is 1. The summed E-state index contributed by atoms with van der Waals surface area (Å²) in [5.41, 5.74) is 0.456. The van der Waals surface area contributed by atoms with Crippen LogP contribution in [0.3, 0.4) is 0 Å². The van der Waals surface area contributed by atoms with Gasteiger partial charge in [0.1, 0.15) is 0 Å². The number of sulfonamides is 1. The third kappa shape index (κ3) is 4.10. The minimum atomic E-state index is -3.82. The van der Waals surface area contributed by atoms with Crippen LogP contribution in [0.5, 0.6) is 0 Å². The molecule has 0 atom stereocenters. The van der Waals surface area contributed by atoms with Crippen molar-refractivity contribution in [3.63, 3.8) is 0 Å². The number of aromatic carboxylic acids is 1. The van der Waals surface area contributed by atoms with E-state index in [2.05, 4.69) is 25.6 Å². The Kier molecular flexibility index (Phi) is 4.71. The Morgan fingerprint density at radius 1 is 1.29 bits per heavy atom. The minimum absolute atomic E-state index is 0.0259. The van der Waals surface area contributed by atoms with E-state index in [1.165, 1.54) is 12.1 Å². The summed E-state index contributed by atoms with van der Waals surface area (Å²) < 4.78 is 27.1. The molecule has 6 nitrogen and oxygen atoms in total. The lowest BCUT2D eigenvalue weighted by molar-refractivity contribution is 0.0696. The first-order valence-corrected chi connectivity index (χ1v) is 8.09. The van der Waals surface area contributed by atoms with Crippen LogP contribution >= 0.6 is 15.9 Å². The zero-order valence-electron chi connectivity index (χ0n) is 10.7. The quantitative estimate of drug-likeness (QED) is 0.838. The molecule has 0 spiro atoms. The van der Waals surface area contributed by atoms with Gasteiger partial charge in [-0.25, -0.2) is 17.9 Å². The standard InChI is InChI=1S/C13H11BrN2O4S/c14-10-5-9(13(17)18)6-12(7-10)21(19,20)16-8-11-3-1-2-4-15-11/h1-7,16H,8H2,(H,17,18). The Morgan fingerprint density at radius 2 is 2.05 bits per heavy atom. The van der Waals surface area contributed by atoms with E-state index in [0.29, 0.717) is 10.2 Å². The predicted molar refractivity (Wildman–Crippen MR) is 79.4 cm³/mol. The molecule has 1 aromatic heterocycles. The van der Waals surface area contributed by atoms with Crippen LogP contribution in [0.4, 0.5) is 0 Å². The van der Waals surface area contributed by atoms with Crippen LogP contribution in [0.1, 0.15) is 16.1 Å². The molecule has 1 heterocycles. The van der Waals surface area contributed by atoms with Gasteiger partial charge in [-0.3, -0.25) is 4.98 Å². The number of rotatable bonds is 5. The van der Waals surface area contributed by atoms with Crippen molar-refractivity contribution in [3.8, 4) is 0 Å². The fourth-order valence-corrected chi connectivity index (χ4v) is 3.31. The number of aromatic nitrogens is 1. The molecule has 2 rings (SSSR count). The largest absolute Gasteiger partial charge is 0.478 e. The topological polar surface area (TPSA) is 96.4 Å². The van der Waals surface area contributed by atoms with Crippen molar-refractivity contribution >= 4 is 31.9 Å². The fourth-order valence-electron chi connectivity index (χ4n) is 1.60. The smallest absolute Gasteiger partial charge is 0.335 e. The van der Waals surface area contributed by atoms with Gasteiger partial charge in [-0.2, -0.15) is 0 Å². The van der Waals surface area contributed by atoms with Gasteiger partial charge in [-0.1, -0.05) is 22.0 Å². The molecule has 110 valence electrons. The molecule has 0 saturated carbocycles. The molecule has 2 aromatic rings. The van der Waals surface area contributed by atoms with Crippen LogP contribution in [0, 0.1) is 0 Å². The van der Waals surface area contributed by atoms with Crippen LogP contribution in [0.15, 0.2) is 52.0 Å². The van der Waals surface area contributed by atoms with Crippen LogP contribution in [0.25, 0.3) is 0 Å². The zero-order chi connectivity index (χ0) is 15.5. The normalized spacial score (nSPS) is 11.3. The molecule has 0 bridgehead atoms. The van der Waals surface area contributed by atoms with Crippen molar-refractivity contribution in [1.82, 2.24) is 9.71 Å². The van der Waals surface area contributed by atoms with Gasteiger partial charge in [0.25, 0.3) is 0 Å². The maximum atomic E-state index is 12.2. The summed E-state index contributed by atoms with van der Waals surface area (Å²) >= 11 is 3.10. The molecule has 0 aliphatic heterocycles. The van der Waals surface area contributed by atoms with Gasteiger partial charge >= 0.3 is 5.97 Å². The van der Waals surface area contributed by atoms with Crippen LogP contribution in [-0.2, 0) is 16.6 Å². The number of nitrogens with one attached hydrogen (secondary N) is 1. The van der Waals surface area contributed by atoms with Crippen molar-refractivity contribution in [3.05, 3.63) is 58.3 Å². The van der Waals surface area contributed by atoms with Crippen LogP contribution in [-0.4, -0.2) is 24.5 Å². The van der Waals surface area contributed by atoms with E-state index in [0.717, 1.165) is 6.07 Å². The third-order valence-corrected chi connectivity index (χ3v) is 4.44. The lowest BCUT2D eigenvalue weighted by atomic mass is 10.2. The maximum absolute atomic E-state index is 12.2. The highest BCUT2D eigenvalue weighted by Gasteiger charge is 2.17. The minimum Gasteiger partial charge on any atom is -0.478 e. The number of carboxylic acids is 1. The number of halogens is 1. The van der Waals surface area contributed by atoms with Gasteiger partial charge in [-0.05, 0) is 30.3 Å². The summed E-state index contributed by atoms with van der Waals surface area (Å²) in [6.07, 6.45) is 1.56. The van der Waals surface area contributed by atoms with Gasteiger partial charge in [0.2, 0.25) is 10.0 Å². The number of hydrogen-bond donors (Lipinski definition) is 2. The van der Waals surface area contributed by atoms with Gasteiger partial charge < -0.3 is 5.11 Å². The van der Waals surface area contributed by atoms with E-state index in [1.807, 2.05) is 0 Å². The Bertz CT molecular complexity index is 763. The van der Waals surface area contributed by atoms with Gasteiger partial charge in [0, 0.05) is 10.7 Å². The second-order valence-corrected chi connectivity index (χ2v) is 6.81. The average Bonchev–Trinajstić information content (AvgIpc) is 2.45. The average molecular weight is 371 g/mol. The van der Waals surface area contributed by atoms with E-state index >= 15 is 0 Å². The molecule has 0 radical (unpaired) electrons. The number of nitrogens with zero attached hydrogens (tertiary/aromatic N) is 1. The summed E-state index contributed by atoms with van der Waals surface area (Å²) in [5.74, 6) is -1.20. The molecule has 0 saturated heterocycles.